The van der Waals surface area contributed by atoms with Gasteiger partial charge in [0.15, 0.2) is 0 Å². The number of hydrogen-bond donors (Lipinski definition) is 0. The van der Waals surface area contributed by atoms with Crippen molar-refractivity contribution in [1.82, 2.24) is 4.90 Å². The number of carbonyl (C=O) groups is 1. The number of fused-ring (bicyclic) bond motifs is 2. The van der Waals surface area contributed by atoms with Gasteiger partial charge < -0.3 is 14.4 Å². The van der Waals surface area contributed by atoms with Crippen molar-refractivity contribution in [1.29, 1.82) is 0 Å². The van der Waals surface area contributed by atoms with E-state index in [1.54, 1.807) is 7.11 Å². The van der Waals surface area contributed by atoms with Crippen LogP contribution in [0.25, 0.3) is 0 Å². The van der Waals surface area contributed by atoms with Gasteiger partial charge in [0.2, 0.25) is 5.91 Å². The Balaban J connectivity index is 1.54. The Bertz CT molecular complexity index is 822. The second kappa shape index (κ2) is 7.61. The summed E-state index contributed by atoms with van der Waals surface area (Å²) < 4.78 is 11.4. The summed E-state index contributed by atoms with van der Waals surface area (Å²) in [7, 11) is 1.70. The molecule has 0 aromatic heterocycles. The monoisotopic (exact) mass is 366 g/mol. The summed E-state index contributed by atoms with van der Waals surface area (Å²) >= 11 is 0. The van der Waals surface area contributed by atoms with Crippen LogP contribution in [0.1, 0.15) is 24.5 Å². The molecule has 0 bridgehead atoms. The van der Waals surface area contributed by atoms with Crippen LogP contribution in [0.4, 0.5) is 5.69 Å². The lowest BCUT2D eigenvalue weighted by atomic mass is 9.98. The third-order valence-corrected chi connectivity index (χ3v) is 5.55. The zero-order valence-corrected chi connectivity index (χ0v) is 16.0. The molecule has 0 aliphatic carbocycles. The molecule has 2 heterocycles. The highest BCUT2D eigenvalue weighted by Gasteiger charge is 2.32. The summed E-state index contributed by atoms with van der Waals surface area (Å²) in [6, 6.07) is 14.1. The fraction of sp³-hybridized carbons (Fsp3) is 0.409. The van der Waals surface area contributed by atoms with Crippen molar-refractivity contribution in [3.05, 3.63) is 53.6 Å². The van der Waals surface area contributed by atoms with Gasteiger partial charge in [0.1, 0.15) is 18.1 Å². The topological polar surface area (TPSA) is 42.0 Å². The molecule has 4 rings (SSSR count). The zero-order chi connectivity index (χ0) is 18.8. The molecule has 1 amide bonds. The first kappa shape index (κ1) is 17.9. The van der Waals surface area contributed by atoms with Crippen LogP contribution in [-0.2, 0) is 17.8 Å². The lowest BCUT2D eigenvalue weighted by Crippen LogP contribution is -2.50. The van der Waals surface area contributed by atoms with E-state index < -0.39 is 0 Å². The SMILES string of the molecule is CCC1COc2ccccc2N1C(=O)CN1CCc2cccc(OC)c2C1. The zero-order valence-electron chi connectivity index (χ0n) is 16.0. The second-order valence-corrected chi connectivity index (χ2v) is 7.16. The van der Waals surface area contributed by atoms with E-state index in [0.717, 1.165) is 43.1 Å². The van der Waals surface area contributed by atoms with Crippen molar-refractivity contribution in [2.45, 2.75) is 32.4 Å². The van der Waals surface area contributed by atoms with Gasteiger partial charge in [-0.2, -0.15) is 0 Å². The molecule has 2 aromatic rings. The van der Waals surface area contributed by atoms with E-state index in [9.17, 15) is 4.79 Å². The van der Waals surface area contributed by atoms with Gasteiger partial charge in [-0.25, -0.2) is 0 Å². The molecule has 2 aliphatic heterocycles. The van der Waals surface area contributed by atoms with Crippen LogP contribution in [0, 0.1) is 0 Å². The Morgan fingerprint density at radius 3 is 2.89 bits per heavy atom. The summed E-state index contributed by atoms with van der Waals surface area (Å²) in [5, 5.41) is 0. The van der Waals surface area contributed by atoms with Crippen molar-refractivity contribution < 1.29 is 14.3 Å². The van der Waals surface area contributed by atoms with Gasteiger partial charge in [-0.15, -0.1) is 0 Å². The Morgan fingerprint density at radius 2 is 2.07 bits per heavy atom. The summed E-state index contributed by atoms with van der Waals surface area (Å²) in [4.78, 5) is 17.4. The van der Waals surface area contributed by atoms with Crippen molar-refractivity contribution in [3.8, 4) is 11.5 Å². The molecule has 0 saturated heterocycles. The maximum atomic E-state index is 13.3. The molecule has 5 nitrogen and oxygen atoms in total. The Hall–Kier alpha value is -2.53. The van der Waals surface area contributed by atoms with Gasteiger partial charge in [-0.3, -0.25) is 9.69 Å². The quantitative estimate of drug-likeness (QED) is 0.833. The number of anilines is 1. The maximum Gasteiger partial charge on any atom is 0.241 e. The summed E-state index contributed by atoms with van der Waals surface area (Å²) in [6.07, 6.45) is 1.81. The van der Waals surface area contributed by atoms with Crippen molar-refractivity contribution in [3.63, 3.8) is 0 Å². The van der Waals surface area contributed by atoms with Gasteiger partial charge in [-0.05, 0) is 36.6 Å². The molecule has 2 aromatic carbocycles. The molecule has 0 spiro atoms. The van der Waals surface area contributed by atoms with Crippen LogP contribution in [-0.4, -0.2) is 43.7 Å². The third kappa shape index (κ3) is 3.39. The number of para-hydroxylation sites is 2. The van der Waals surface area contributed by atoms with Crippen LogP contribution in [0.15, 0.2) is 42.5 Å². The number of methoxy groups -OCH3 is 1. The van der Waals surface area contributed by atoms with E-state index in [0.29, 0.717) is 13.2 Å². The molecule has 142 valence electrons. The minimum absolute atomic E-state index is 0.0824. The molecule has 0 N–H and O–H groups in total. The number of hydrogen-bond acceptors (Lipinski definition) is 4. The fourth-order valence-electron chi connectivity index (χ4n) is 4.07. The van der Waals surface area contributed by atoms with Crippen LogP contribution in [0.5, 0.6) is 11.5 Å². The van der Waals surface area contributed by atoms with Gasteiger partial charge >= 0.3 is 0 Å². The molecule has 27 heavy (non-hydrogen) atoms. The first-order valence-corrected chi connectivity index (χ1v) is 9.62. The second-order valence-electron chi connectivity index (χ2n) is 7.16. The minimum Gasteiger partial charge on any atom is -0.496 e. The lowest BCUT2D eigenvalue weighted by molar-refractivity contribution is -0.120. The maximum absolute atomic E-state index is 13.3. The molecular formula is C22H26N2O3. The average Bonchev–Trinajstić information content (AvgIpc) is 2.72. The normalized spacial score (nSPS) is 19.0. The number of rotatable bonds is 4. The highest BCUT2D eigenvalue weighted by atomic mass is 16.5. The van der Waals surface area contributed by atoms with Crippen LogP contribution in [0.3, 0.4) is 0 Å². The molecule has 0 fully saturated rings. The number of nitrogens with zero attached hydrogens (tertiary/aromatic N) is 2. The average molecular weight is 366 g/mol. The van der Waals surface area contributed by atoms with Gasteiger partial charge in [0.25, 0.3) is 0 Å². The molecule has 0 saturated carbocycles. The molecular weight excluding hydrogens is 340 g/mol. The molecule has 1 atom stereocenters. The summed E-state index contributed by atoms with van der Waals surface area (Å²) in [5.74, 6) is 1.84. The predicted octanol–water partition coefficient (Wildman–Crippen LogP) is 3.26. The van der Waals surface area contributed by atoms with E-state index in [2.05, 4.69) is 17.9 Å². The molecule has 5 heteroatoms. The number of ether oxygens (including phenoxy) is 2. The van der Waals surface area contributed by atoms with E-state index in [4.69, 9.17) is 9.47 Å². The largest absolute Gasteiger partial charge is 0.496 e. The Labute approximate surface area is 160 Å². The van der Waals surface area contributed by atoms with Gasteiger partial charge in [0, 0.05) is 18.7 Å². The number of carbonyl (C=O) groups excluding carboxylic acids is 1. The lowest BCUT2D eigenvalue weighted by Gasteiger charge is -2.38. The minimum atomic E-state index is 0.0824. The first-order chi connectivity index (χ1) is 13.2. The highest BCUT2D eigenvalue weighted by molar-refractivity contribution is 5.97. The van der Waals surface area contributed by atoms with Crippen LogP contribution in [0.2, 0.25) is 0 Å². The van der Waals surface area contributed by atoms with E-state index in [1.165, 1.54) is 11.1 Å². The summed E-state index contributed by atoms with van der Waals surface area (Å²) in [6.45, 7) is 4.69. The van der Waals surface area contributed by atoms with Gasteiger partial charge in [0.05, 0.1) is 25.4 Å². The van der Waals surface area contributed by atoms with E-state index in [-0.39, 0.29) is 11.9 Å². The highest BCUT2D eigenvalue weighted by Crippen LogP contribution is 2.35. The van der Waals surface area contributed by atoms with Crippen molar-refractivity contribution >= 4 is 11.6 Å². The number of amides is 1. The molecule has 2 aliphatic rings. The Morgan fingerprint density at radius 1 is 1.22 bits per heavy atom. The van der Waals surface area contributed by atoms with Crippen LogP contribution >= 0.6 is 0 Å². The van der Waals surface area contributed by atoms with E-state index >= 15 is 0 Å². The van der Waals surface area contributed by atoms with Crippen molar-refractivity contribution in [2.24, 2.45) is 0 Å². The van der Waals surface area contributed by atoms with E-state index in [1.807, 2.05) is 41.3 Å². The Kier molecular flexibility index (Phi) is 5.03. The van der Waals surface area contributed by atoms with Crippen LogP contribution < -0.4 is 14.4 Å². The standard InChI is InChI=1S/C22H26N2O3/c1-3-17-15-27-21-9-5-4-8-19(21)24(17)22(25)14-23-12-11-16-7-6-10-20(26-2)18(16)13-23/h4-10,17H,3,11-15H2,1-2H3. The van der Waals surface area contributed by atoms with Gasteiger partial charge in [-0.1, -0.05) is 31.2 Å². The fourth-order valence-corrected chi connectivity index (χ4v) is 4.07. The molecule has 1 unspecified atom stereocenters. The number of benzene rings is 2. The molecule has 0 radical (unpaired) electrons. The predicted molar refractivity (Wildman–Crippen MR) is 105 cm³/mol. The first-order valence-electron chi connectivity index (χ1n) is 9.62. The summed E-state index contributed by atoms with van der Waals surface area (Å²) in [5.41, 5.74) is 3.41. The van der Waals surface area contributed by atoms with Crippen molar-refractivity contribution in [2.75, 3.05) is 31.7 Å². The smallest absolute Gasteiger partial charge is 0.241 e. The third-order valence-electron chi connectivity index (χ3n) is 5.55.